The van der Waals surface area contributed by atoms with Gasteiger partial charge in [-0.1, -0.05) is 304 Å². The molecule has 6 nitrogen and oxygen atoms in total. The molecule has 0 rings (SSSR count). The molecule has 0 aromatic heterocycles. The van der Waals surface area contributed by atoms with Crippen molar-refractivity contribution in [1.29, 1.82) is 0 Å². The molecule has 6 heteroatoms. The quantitative estimate of drug-likeness (QED) is 0.0343. The van der Waals surface area contributed by atoms with Crippen molar-refractivity contribution < 1.29 is 28.6 Å². The third-order valence-corrected chi connectivity index (χ3v) is 13.8. The lowest BCUT2D eigenvalue weighted by Crippen LogP contribution is -2.30. The lowest BCUT2D eigenvalue weighted by molar-refractivity contribution is -0.167. The highest BCUT2D eigenvalue weighted by molar-refractivity contribution is 5.71. The van der Waals surface area contributed by atoms with Gasteiger partial charge in [0.1, 0.15) is 13.2 Å². The van der Waals surface area contributed by atoms with Gasteiger partial charge in [0.15, 0.2) is 6.10 Å². The summed E-state index contributed by atoms with van der Waals surface area (Å²) in [4.78, 5) is 38.2. The zero-order valence-corrected chi connectivity index (χ0v) is 45.2. The Bertz CT molecular complexity index is 996. The van der Waals surface area contributed by atoms with Crippen LogP contribution in [0.15, 0.2) is 0 Å². The molecular formula is C60H116O6. The fourth-order valence-corrected chi connectivity index (χ4v) is 9.28. The monoisotopic (exact) mass is 933 g/mol. The fourth-order valence-electron chi connectivity index (χ4n) is 9.28. The smallest absolute Gasteiger partial charge is 0.306 e. The molecule has 0 bridgehead atoms. The lowest BCUT2D eigenvalue weighted by atomic mass is 10.0. The number of carbonyl (C=O) groups is 3. The minimum atomic E-state index is -0.762. The van der Waals surface area contributed by atoms with E-state index in [-0.39, 0.29) is 31.1 Å². The van der Waals surface area contributed by atoms with E-state index >= 15 is 0 Å². The van der Waals surface area contributed by atoms with Crippen molar-refractivity contribution in [1.82, 2.24) is 0 Å². The van der Waals surface area contributed by atoms with E-state index in [2.05, 4.69) is 27.7 Å². The Morgan fingerprint density at radius 1 is 0.288 bits per heavy atom. The van der Waals surface area contributed by atoms with Crippen molar-refractivity contribution in [2.24, 2.45) is 5.92 Å². The van der Waals surface area contributed by atoms with E-state index in [4.69, 9.17) is 14.2 Å². The second-order valence-corrected chi connectivity index (χ2v) is 21.1. The molecule has 0 aliphatic rings. The number of esters is 3. The maximum atomic E-state index is 12.9. The maximum Gasteiger partial charge on any atom is 0.306 e. The average Bonchev–Trinajstić information content (AvgIpc) is 3.30. The molecule has 0 radical (unpaired) electrons. The normalized spacial score (nSPS) is 12.0. The molecule has 0 N–H and O–H groups in total. The van der Waals surface area contributed by atoms with E-state index in [0.29, 0.717) is 19.3 Å². The molecular weight excluding hydrogens is 817 g/mol. The SMILES string of the molecule is CCCCCCCCCCCCCCCCCCCCCC(=O)OC[C@H](COC(=O)CCCCCCCCCCCCCC)OC(=O)CCCCCCCCCCCCCCCCC(C)C. The highest BCUT2D eigenvalue weighted by Crippen LogP contribution is 2.18. The molecule has 0 heterocycles. The molecule has 0 spiro atoms. The second-order valence-electron chi connectivity index (χ2n) is 21.1. The third kappa shape index (κ3) is 53.4. The van der Waals surface area contributed by atoms with Crippen molar-refractivity contribution in [3.05, 3.63) is 0 Å². The molecule has 66 heavy (non-hydrogen) atoms. The Morgan fingerprint density at radius 2 is 0.500 bits per heavy atom. The zero-order valence-electron chi connectivity index (χ0n) is 45.2. The van der Waals surface area contributed by atoms with Crippen LogP contribution in [0.25, 0.3) is 0 Å². The molecule has 0 fully saturated rings. The van der Waals surface area contributed by atoms with Gasteiger partial charge in [-0.3, -0.25) is 14.4 Å². The Morgan fingerprint density at radius 3 is 0.742 bits per heavy atom. The van der Waals surface area contributed by atoms with Crippen LogP contribution in [0.2, 0.25) is 0 Å². The first-order valence-electron chi connectivity index (χ1n) is 29.9. The molecule has 0 saturated heterocycles. The molecule has 0 aliphatic carbocycles. The van der Waals surface area contributed by atoms with Gasteiger partial charge >= 0.3 is 17.9 Å². The van der Waals surface area contributed by atoms with Crippen LogP contribution in [0.3, 0.4) is 0 Å². The Hall–Kier alpha value is -1.59. The summed E-state index contributed by atoms with van der Waals surface area (Å²) in [5, 5.41) is 0. The van der Waals surface area contributed by atoms with Gasteiger partial charge in [-0.05, 0) is 25.2 Å². The summed E-state index contributed by atoms with van der Waals surface area (Å²) in [7, 11) is 0. The molecule has 392 valence electrons. The number of ether oxygens (including phenoxy) is 3. The van der Waals surface area contributed by atoms with Crippen LogP contribution in [0.4, 0.5) is 0 Å². The molecule has 0 aromatic rings. The van der Waals surface area contributed by atoms with E-state index in [1.807, 2.05) is 0 Å². The van der Waals surface area contributed by atoms with Crippen LogP contribution in [0, 0.1) is 5.92 Å². The van der Waals surface area contributed by atoms with Crippen LogP contribution in [-0.2, 0) is 28.6 Å². The van der Waals surface area contributed by atoms with Gasteiger partial charge in [0, 0.05) is 19.3 Å². The topological polar surface area (TPSA) is 78.9 Å². The van der Waals surface area contributed by atoms with Crippen LogP contribution >= 0.6 is 0 Å². The first-order valence-corrected chi connectivity index (χ1v) is 29.9. The number of unbranched alkanes of at least 4 members (excludes halogenated alkanes) is 42. The molecule has 1 atom stereocenters. The number of carbonyl (C=O) groups excluding carboxylic acids is 3. The highest BCUT2D eigenvalue weighted by atomic mass is 16.6. The molecule has 0 amide bonds. The summed E-state index contributed by atoms with van der Waals surface area (Å²) < 4.78 is 16.9. The van der Waals surface area contributed by atoms with Crippen LogP contribution < -0.4 is 0 Å². The number of rotatable bonds is 55. The van der Waals surface area contributed by atoms with Crippen molar-refractivity contribution >= 4 is 17.9 Å². The van der Waals surface area contributed by atoms with Gasteiger partial charge in [-0.2, -0.15) is 0 Å². The summed E-state index contributed by atoms with van der Waals surface area (Å²) in [6.45, 7) is 9.07. The third-order valence-electron chi connectivity index (χ3n) is 13.8. The van der Waals surface area contributed by atoms with Crippen LogP contribution in [0.5, 0.6) is 0 Å². The van der Waals surface area contributed by atoms with Crippen molar-refractivity contribution in [3.8, 4) is 0 Å². The van der Waals surface area contributed by atoms with E-state index in [1.54, 1.807) is 0 Å². The summed E-state index contributed by atoms with van der Waals surface area (Å²) in [6.07, 6.45) is 59.5. The maximum absolute atomic E-state index is 12.9. The summed E-state index contributed by atoms with van der Waals surface area (Å²) >= 11 is 0. The van der Waals surface area contributed by atoms with Gasteiger partial charge in [-0.15, -0.1) is 0 Å². The van der Waals surface area contributed by atoms with Gasteiger partial charge < -0.3 is 14.2 Å². The summed E-state index contributed by atoms with van der Waals surface area (Å²) in [5.74, 6) is 0.00982. The number of hydrogen-bond acceptors (Lipinski definition) is 6. The van der Waals surface area contributed by atoms with Crippen molar-refractivity contribution in [2.45, 2.75) is 348 Å². The van der Waals surface area contributed by atoms with E-state index in [9.17, 15) is 14.4 Å². The van der Waals surface area contributed by atoms with Crippen molar-refractivity contribution in [2.75, 3.05) is 13.2 Å². The van der Waals surface area contributed by atoms with Crippen LogP contribution in [0.1, 0.15) is 342 Å². The molecule has 0 saturated carbocycles. The Kier molecular flexibility index (Phi) is 53.0. The highest BCUT2D eigenvalue weighted by Gasteiger charge is 2.19. The summed E-state index contributed by atoms with van der Waals surface area (Å²) in [5.41, 5.74) is 0. The first-order chi connectivity index (χ1) is 32.4. The van der Waals surface area contributed by atoms with Gasteiger partial charge in [-0.25, -0.2) is 0 Å². The van der Waals surface area contributed by atoms with E-state index in [0.717, 1.165) is 63.7 Å². The van der Waals surface area contributed by atoms with Gasteiger partial charge in [0.25, 0.3) is 0 Å². The lowest BCUT2D eigenvalue weighted by Gasteiger charge is -2.18. The predicted molar refractivity (Wildman–Crippen MR) is 284 cm³/mol. The standard InChI is InChI=1S/C60H116O6/c1-5-7-9-11-13-15-17-19-20-21-22-23-24-28-32-36-40-44-48-52-59(62)65-55-57(54-64-58(61)51-47-43-39-35-31-18-16-14-12-10-8-6-2)66-60(63)53-49-45-41-37-33-29-26-25-27-30-34-38-42-46-50-56(3)4/h56-57H,5-55H2,1-4H3/t57-/m0/s1. The van der Waals surface area contributed by atoms with E-state index < -0.39 is 6.10 Å². The Labute approximate surface area is 412 Å². The number of hydrogen-bond donors (Lipinski definition) is 0. The molecule has 0 aromatic carbocycles. The minimum absolute atomic E-state index is 0.0616. The first kappa shape index (κ1) is 64.4. The predicted octanol–water partition coefficient (Wildman–Crippen LogP) is 19.8. The zero-order chi connectivity index (χ0) is 48.1. The minimum Gasteiger partial charge on any atom is -0.462 e. The summed E-state index contributed by atoms with van der Waals surface area (Å²) in [6, 6.07) is 0. The van der Waals surface area contributed by atoms with E-state index in [1.165, 1.54) is 238 Å². The molecule has 0 unspecified atom stereocenters. The average molecular weight is 934 g/mol. The largest absolute Gasteiger partial charge is 0.462 e. The molecule has 0 aliphatic heterocycles. The van der Waals surface area contributed by atoms with Crippen LogP contribution in [-0.4, -0.2) is 37.2 Å². The van der Waals surface area contributed by atoms with Gasteiger partial charge in [0.2, 0.25) is 0 Å². The van der Waals surface area contributed by atoms with Crippen molar-refractivity contribution in [3.63, 3.8) is 0 Å². The Balaban J connectivity index is 4.26. The second kappa shape index (κ2) is 54.4. The van der Waals surface area contributed by atoms with Gasteiger partial charge in [0.05, 0.1) is 0 Å². The fraction of sp³-hybridized carbons (Fsp3) is 0.950.